The molecule has 0 aliphatic heterocycles. The Morgan fingerprint density at radius 1 is 1.24 bits per heavy atom. The van der Waals surface area contributed by atoms with Gasteiger partial charge in [0.05, 0.1) is 11.5 Å². The molecular formula is C12H17NO3S. The second-order valence-electron chi connectivity index (χ2n) is 3.78. The average molecular weight is 255 g/mol. The molecule has 94 valence electrons. The van der Waals surface area contributed by atoms with Crippen molar-refractivity contribution in [1.29, 1.82) is 0 Å². The van der Waals surface area contributed by atoms with E-state index in [2.05, 4.69) is 5.32 Å². The molecule has 0 radical (unpaired) electrons. The van der Waals surface area contributed by atoms with E-state index >= 15 is 0 Å². The molecular weight excluding hydrogens is 238 g/mol. The number of hydrogen-bond donors (Lipinski definition) is 1. The molecule has 0 saturated carbocycles. The topological polar surface area (TPSA) is 63.2 Å². The van der Waals surface area contributed by atoms with Crippen LogP contribution >= 0.6 is 0 Å². The van der Waals surface area contributed by atoms with Gasteiger partial charge in [0.25, 0.3) is 0 Å². The summed E-state index contributed by atoms with van der Waals surface area (Å²) in [7, 11) is -3.21. The molecule has 5 heteroatoms. The molecule has 0 saturated heterocycles. The van der Waals surface area contributed by atoms with E-state index in [1.165, 1.54) is 0 Å². The van der Waals surface area contributed by atoms with Gasteiger partial charge in [-0.05, 0) is 12.5 Å². The molecule has 0 aromatic heterocycles. The summed E-state index contributed by atoms with van der Waals surface area (Å²) in [5.41, 5.74) is 0.753. The Morgan fingerprint density at radius 2 is 1.88 bits per heavy atom. The summed E-state index contributed by atoms with van der Waals surface area (Å²) in [5.74, 6) is -0.329. The molecule has 0 heterocycles. The third kappa shape index (κ3) is 5.49. The number of carbonyl (C=O) groups is 1. The molecule has 1 aromatic carbocycles. The van der Waals surface area contributed by atoms with Gasteiger partial charge in [0.1, 0.15) is 0 Å². The standard InChI is InChI=1S/C12H17NO3S/c1-2-13-12(14)8-9-17(15,16)10-11-6-4-3-5-7-11/h3-7H,2,8-10H2,1H3,(H,13,14). The number of rotatable bonds is 6. The predicted octanol–water partition coefficient (Wildman–Crippen LogP) is 1.13. The van der Waals surface area contributed by atoms with Crippen molar-refractivity contribution in [2.75, 3.05) is 12.3 Å². The van der Waals surface area contributed by atoms with Crippen LogP contribution in [0.3, 0.4) is 0 Å². The summed E-state index contributed by atoms with van der Waals surface area (Å²) in [4.78, 5) is 11.2. The van der Waals surface area contributed by atoms with Crippen LogP contribution in [-0.4, -0.2) is 26.6 Å². The maximum Gasteiger partial charge on any atom is 0.221 e. The predicted molar refractivity (Wildman–Crippen MR) is 67.2 cm³/mol. The Labute approximate surface area is 102 Å². The number of carbonyl (C=O) groups excluding carboxylic acids is 1. The van der Waals surface area contributed by atoms with Gasteiger partial charge in [-0.1, -0.05) is 30.3 Å². The summed E-state index contributed by atoms with van der Waals surface area (Å²) in [6.07, 6.45) is 0.0308. The van der Waals surface area contributed by atoms with Crippen molar-refractivity contribution < 1.29 is 13.2 Å². The largest absolute Gasteiger partial charge is 0.356 e. The normalized spacial score (nSPS) is 11.1. The molecule has 0 spiro atoms. The van der Waals surface area contributed by atoms with Crippen LogP contribution in [0.15, 0.2) is 30.3 Å². The molecule has 1 rings (SSSR count). The molecule has 0 unspecified atom stereocenters. The Kier molecular flexibility index (Phi) is 5.15. The summed E-state index contributed by atoms with van der Waals surface area (Å²) >= 11 is 0. The van der Waals surface area contributed by atoms with Crippen molar-refractivity contribution in [3.05, 3.63) is 35.9 Å². The van der Waals surface area contributed by atoms with Crippen LogP contribution in [0.1, 0.15) is 18.9 Å². The smallest absolute Gasteiger partial charge is 0.221 e. The lowest BCUT2D eigenvalue weighted by molar-refractivity contribution is -0.120. The van der Waals surface area contributed by atoms with Gasteiger partial charge in [-0.25, -0.2) is 8.42 Å². The second-order valence-corrected chi connectivity index (χ2v) is 5.97. The van der Waals surface area contributed by atoms with Crippen LogP contribution < -0.4 is 5.32 Å². The van der Waals surface area contributed by atoms with Crippen molar-refractivity contribution >= 4 is 15.7 Å². The van der Waals surface area contributed by atoms with E-state index < -0.39 is 9.84 Å². The number of amides is 1. The van der Waals surface area contributed by atoms with E-state index in [1.54, 1.807) is 31.2 Å². The van der Waals surface area contributed by atoms with Crippen molar-refractivity contribution in [3.63, 3.8) is 0 Å². The van der Waals surface area contributed by atoms with E-state index in [1.807, 2.05) is 6.07 Å². The molecule has 0 aliphatic carbocycles. The van der Waals surface area contributed by atoms with Crippen LogP contribution in [0, 0.1) is 0 Å². The lowest BCUT2D eigenvalue weighted by Gasteiger charge is -2.04. The fraction of sp³-hybridized carbons (Fsp3) is 0.417. The zero-order valence-electron chi connectivity index (χ0n) is 9.85. The van der Waals surface area contributed by atoms with Gasteiger partial charge in [0, 0.05) is 13.0 Å². The third-order valence-electron chi connectivity index (χ3n) is 2.24. The van der Waals surface area contributed by atoms with Gasteiger partial charge in [-0.15, -0.1) is 0 Å². The molecule has 0 atom stereocenters. The average Bonchev–Trinajstić information content (AvgIpc) is 2.28. The Bertz CT molecular complexity index is 454. The van der Waals surface area contributed by atoms with Crippen LogP contribution in [-0.2, 0) is 20.4 Å². The molecule has 1 N–H and O–H groups in total. The number of nitrogens with one attached hydrogen (secondary N) is 1. The van der Waals surface area contributed by atoms with Crippen LogP contribution in [0.5, 0.6) is 0 Å². The minimum absolute atomic E-state index is 0.00670. The Morgan fingerprint density at radius 3 is 2.47 bits per heavy atom. The first kappa shape index (κ1) is 13.7. The van der Waals surface area contributed by atoms with E-state index in [0.717, 1.165) is 5.56 Å². The van der Waals surface area contributed by atoms with Crippen LogP contribution in [0.2, 0.25) is 0 Å². The fourth-order valence-corrected chi connectivity index (χ4v) is 2.78. The highest BCUT2D eigenvalue weighted by Crippen LogP contribution is 2.07. The van der Waals surface area contributed by atoms with E-state index in [9.17, 15) is 13.2 Å². The Balaban J connectivity index is 2.50. The first-order valence-electron chi connectivity index (χ1n) is 5.54. The lowest BCUT2D eigenvalue weighted by Crippen LogP contribution is -2.25. The zero-order chi connectivity index (χ0) is 12.7. The minimum Gasteiger partial charge on any atom is -0.356 e. The first-order valence-corrected chi connectivity index (χ1v) is 7.36. The molecule has 0 bridgehead atoms. The van der Waals surface area contributed by atoms with E-state index in [-0.39, 0.29) is 23.8 Å². The SMILES string of the molecule is CCNC(=O)CCS(=O)(=O)Cc1ccccc1. The van der Waals surface area contributed by atoms with E-state index in [4.69, 9.17) is 0 Å². The van der Waals surface area contributed by atoms with Gasteiger partial charge in [-0.3, -0.25) is 4.79 Å². The van der Waals surface area contributed by atoms with Gasteiger partial charge in [0.2, 0.25) is 5.91 Å². The second kappa shape index (κ2) is 6.39. The number of benzene rings is 1. The summed E-state index contributed by atoms with van der Waals surface area (Å²) in [6, 6.07) is 8.97. The lowest BCUT2D eigenvalue weighted by atomic mass is 10.2. The maximum atomic E-state index is 11.7. The number of sulfone groups is 1. The molecule has 0 fully saturated rings. The Hall–Kier alpha value is -1.36. The van der Waals surface area contributed by atoms with Crippen molar-refractivity contribution in [2.45, 2.75) is 19.1 Å². The third-order valence-corrected chi connectivity index (χ3v) is 3.84. The first-order chi connectivity index (χ1) is 8.03. The quantitative estimate of drug-likeness (QED) is 0.828. The van der Waals surface area contributed by atoms with Crippen molar-refractivity contribution in [1.82, 2.24) is 5.32 Å². The van der Waals surface area contributed by atoms with E-state index in [0.29, 0.717) is 6.54 Å². The highest BCUT2D eigenvalue weighted by atomic mass is 32.2. The molecule has 0 aliphatic rings. The zero-order valence-corrected chi connectivity index (χ0v) is 10.7. The molecule has 4 nitrogen and oxygen atoms in total. The monoisotopic (exact) mass is 255 g/mol. The molecule has 1 amide bonds. The summed E-state index contributed by atoms with van der Waals surface area (Å²) in [6.45, 7) is 2.33. The maximum absolute atomic E-state index is 11.7. The van der Waals surface area contributed by atoms with Crippen molar-refractivity contribution in [3.8, 4) is 0 Å². The highest BCUT2D eigenvalue weighted by Gasteiger charge is 2.13. The van der Waals surface area contributed by atoms with Gasteiger partial charge in [-0.2, -0.15) is 0 Å². The van der Waals surface area contributed by atoms with Gasteiger partial charge in [0.15, 0.2) is 9.84 Å². The van der Waals surface area contributed by atoms with Gasteiger partial charge >= 0.3 is 0 Å². The van der Waals surface area contributed by atoms with Crippen LogP contribution in [0.4, 0.5) is 0 Å². The summed E-state index contributed by atoms with van der Waals surface area (Å²) in [5, 5.41) is 2.58. The minimum atomic E-state index is -3.21. The van der Waals surface area contributed by atoms with Crippen LogP contribution in [0.25, 0.3) is 0 Å². The molecule has 1 aromatic rings. The summed E-state index contributed by atoms with van der Waals surface area (Å²) < 4.78 is 23.5. The highest BCUT2D eigenvalue weighted by molar-refractivity contribution is 7.90. The van der Waals surface area contributed by atoms with Gasteiger partial charge < -0.3 is 5.32 Å². The fourth-order valence-electron chi connectivity index (χ4n) is 1.43. The van der Waals surface area contributed by atoms with Crippen molar-refractivity contribution in [2.24, 2.45) is 0 Å². The number of hydrogen-bond acceptors (Lipinski definition) is 3. The molecule has 17 heavy (non-hydrogen) atoms.